The molecule has 4 fully saturated rings. The molecule has 342 valence electrons. The fourth-order valence-corrected chi connectivity index (χ4v) is 10.5. The number of piperidine rings is 2. The average Bonchev–Trinajstić information content (AvgIpc) is 3.27. The van der Waals surface area contributed by atoms with E-state index in [-0.39, 0.29) is 30.5 Å². The first-order valence-electron chi connectivity index (χ1n) is 22.8. The van der Waals surface area contributed by atoms with E-state index in [9.17, 15) is 27.6 Å². The number of urea groups is 1. The van der Waals surface area contributed by atoms with Gasteiger partial charge in [-0.05, 0) is 168 Å². The molecule has 16 heteroatoms. The number of benzene rings is 3. The highest BCUT2D eigenvalue weighted by Gasteiger charge is 2.39. The monoisotopic (exact) mass is 901 g/mol. The van der Waals surface area contributed by atoms with E-state index in [2.05, 4.69) is 43.0 Å². The molecule has 1 spiro atoms. The first kappa shape index (κ1) is 45.6. The van der Waals surface area contributed by atoms with Crippen LogP contribution in [0.3, 0.4) is 0 Å². The highest BCUT2D eigenvalue weighted by atomic mass is 35.5. The molecule has 4 heterocycles. The van der Waals surface area contributed by atoms with Gasteiger partial charge in [-0.3, -0.25) is 19.8 Å². The number of likely N-dealkylation sites (tertiary alicyclic amines) is 2. The number of amides is 4. The summed E-state index contributed by atoms with van der Waals surface area (Å²) < 4.78 is 40.6. The van der Waals surface area contributed by atoms with Crippen LogP contribution in [0.4, 0.5) is 35.2 Å². The highest BCUT2D eigenvalue weighted by Crippen LogP contribution is 2.47. The first-order chi connectivity index (χ1) is 30.6. The van der Waals surface area contributed by atoms with Crippen LogP contribution in [-0.2, 0) is 11.0 Å². The zero-order valence-electron chi connectivity index (χ0n) is 36.7. The minimum atomic E-state index is -4.49. The van der Waals surface area contributed by atoms with Crippen LogP contribution in [0.5, 0.6) is 0 Å². The molecular weight excluding hydrogens is 843 g/mol. The number of aryl methyl sites for hydroxylation is 1. The Kier molecular flexibility index (Phi) is 13.7. The summed E-state index contributed by atoms with van der Waals surface area (Å²) in [6.45, 7) is 10.3. The maximum Gasteiger partial charge on any atom is 0.416 e. The van der Waals surface area contributed by atoms with E-state index in [1.54, 1.807) is 24.3 Å². The maximum atomic E-state index is 13.6. The fraction of sp³-hybridized carbons (Fsp3) is 0.521. The van der Waals surface area contributed by atoms with Crippen LogP contribution in [0, 0.1) is 18.3 Å². The normalized spacial score (nSPS) is 19.6. The molecule has 1 aromatic heterocycles. The number of alkyl halides is 3. The molecule has 4 amide bonds. The molecule has 0 radical (unpaired) electrons. The number of imide groups is 1. The van der Waals surface area contributed by atoms with Gasteiger partial charge in [-0.1, -0.05) is 17.7 Å². The lowest BCUT2D eigenvalue weighted by Gasteiger charge is -2.46. The van der Waals surface area contributed by atoms with E-state index in [1.807, 2.05) is 24.8 Å². The Morgan fingerprint density at radius 2 is 1.69 bits per heavy atom. The highest BCUT2D eigenvalue weighted by molar-refractivity contribution is 6.34. The van der Waals surface area contributed by atoms with E-state index in [4.69, 9.17) is 17.3 Å². The number of halogens is 4. The molecule has 5 N–H and O–H groups in total. The Morgan fingerprint density at radius 3 is 2.41 bits per heavy atom. The van der Waals surface area contributed by atoms with Crippen LogP contribution in [0.2, 0.25) is 5.02 Å². The van der Waals surface area contributed by atoms with Gasteiger partial charge in [-0.2, -0.15) is 13.2 Å². The average molecular weight is 903 g/mol. The number of nitrogen functional groups attached to an aromatic ring is 1. The van der Waals surface area contributed by atoms with Gasteiger partial charge in [-0.15, -0.1) is 0 Å². The van der Waals surface area contributed by atoms with Gasteiger partial charge in [-0.25, -0.2) is 14.8 Å². The minimum absolute atomic E-state index is 0.0516. The summed E-state index contributed by atoms with van der Waals surface area (Å²) in [5, 5.41) is 10.6. The maximum absolute atomic E-state index is 13.6. The second-order valence-corrected chi connectivity index (χ2v) is 18.9. The van der Waals surface area contributed by atoms with Crippen molar-refractivity contribution in [2.24, 2.45) is 11.3 Å². The summed E-state index contributed by atoms with van der Waals surface area (Å²) in [4.78, 5) is 52.9. The van der Waals surface area contributed by atoms with Crippen LogP contribution >= 0.6 is 11.6 Å². The van der Waals surface area contributed by atoms with E-state index < -0.39 is 23.8 Å². The summed E-state index contributed by atoms with van der Waals surface area (Å²) in [5.74, 6) is 1.92. The number of hydrogen-bond acceptors (Lipinski definition) is 9. The predicted molar refractivity (Wildman–Crippen MR) is 245 cm³/mol. The number of fused-ring (bicyclic) bond motifs is 1. The van der Waals surface area contributed by atoms with E-state index in [1.165, 1.54) is 42.6 Å². The Hall–Kier alpha value is -4.99. The lowest BCUT2D eigenvalue weighted by Crippen LogP contribution is -2.49. The largest absolute Gasteiger partial charge is 0.416 e. The van der Waals surface area contributed by atoms with Gasteiger partial charge in [0.15, 0.2) is 0 Å². The Balaban J connectivity index is 0.745. The summed E-state index contributed by atoms with van der Waals surface area (Å²) >= 11 is 6.42. The number of rotatable bonds is 12. The van der Waals surface area contributed by atoms with Crippen molar-refractivity contribution in [1.29, 1.82) is 0 Å². The molecule has 1 saturated carbocycles. The second-order valence-electron chi connectivity index (χ2n) is 18.5. The minimum Gasteiger partial charge on any atom is -0.399 e. The smallest absolute Gasteiger partial charge is 0.399 e. The van der Waals surface area contributed by atoms with E-state index in [0.717, 1.165) is 100 Å². The lowest BCUT2D eigenvalue weighted by atomic mass is 9.65. The molecule has 4 aromatic rings. The molecular formula is C48H59ClF3N9O3. The van der Waals surface area contributed by atoms with E-state index in [0.29, 0.717) is 44.8 Å². The van der Waals surface area contributed by atoms with Gasteiger partial charge in [0.05, 0.1) is 27.8 Å². The van der Waals surface area contributed by atoms with Gasteiger partial charge in [0.2, 0.25) is 5.91 Å². The fourth-order valence-electron chi connectivity index (χ4n) is 10.3. The van der Waals surface area contributed by atoms with E-state index >= 15 is 0 Å². The second kappa shape index (κ2) is 19.2. The molecule has 4 aliphatic rings. The van der Waals surface area contributed by atoms with Crippen molar-refractivity contribution in [2.45, 2.75) is 96.2 Å². The van der Waals surface area contributed by atoms with Crippen molar-refractivity contribution in [3.05, 3.63) is 87.7 Å². The van der Waals surface area contributed by atoms with Crippen molar-refractivity contribution in [1.82, 2.24) is 30.4 Å². The number of nitrogens with zero attached hydrogens (tertiary/aromatic N) is 5. The molecule has 1 atom stereocenters. The van der Waals surface area contributed by atoms with Crippen molar-refractivity contribution >= 4 is 57.5 Å². The van der Waals surface area contributed by atoms with Crippen molar-refractivity contribution in [2.75, 3.05) is 68.3 Å². The Morgan fingerprint density at radius 1 is 0.938 bits per heavy atom. The summed E-state index contributed by atoms with van der Waals surface area (Å²) in [6.07, 6.45) is 5.84. The summed E-state index contributed by atoms with van der Waals surface area (Å²) in [5.41, 5.74) is 8.85. The van der Waals surface area contributed by atoms with Crippen LogP contribution < -0.4 is 26.6 Å². The molecule has 8 rings (SSSR count). The number of anilines is 3. The van der Waals surface area contributed by atoms with Gasteiger partial charge >= 0.3 is 12.2 Å². The van der Waals surface area contributed by atoms with Crippen LogP contribution in [-0.4, -0.2) is 90.0 Å². The zero-order valence-corrected chi connectivity index (χ0v) is 37.5. The number of carbonyl (C=O) groups excluding carboxylic acids is 3. The van der Waals surface area contributed by atoms with Crippen LogP contribution in [0.1, 0.15) is 116 Å². The number of nitrogens with one attached hydrogen (secondary N) is 3. The Bertz CT molecular complexity index is 2350. The first-order valence-corrected chi connectivity index (χ1v) is 23.2. The molecule has 0 bridgehead atoms. The quantitative estimate of drug-likeness (QED) is 0.0808. The molecule has 12 nitrogen and oxygen atoms in total. The number of hydrogen-bond donors (Lipinski definition) is 4. The molecule has 3 aromatic carbocycles. The van der Waals surface area contributed by atoms with Crippen molar-refractivity contribution in [3.63, 3.8) is 0 Å². The van der Waals surface area contributed by atoms with Gasteiger partial charge in [0.25, 0.3) is 5.91 Å². The third-order valence-corrected chi connectivity index (χ3v) is 14.5. The van der Waals surface area contributed by atoms with Gasteiger partial charge < -0.3 is 26.2 Å². The standard InChI is InChI=1S/C48H59ClF3N9O3/c1-30(36-25-37(48(50,51)52)29-38(53)26-36)55-44-39-27-34(4-6-41(39)56-31(2)57-44)33-10-19-59(20-11-33)24-18-54-17-9-32-7-13-47(14-8-32)15-22-60(23-16-47)45(63)35-3-5-40(49)42(28-35)61-21-12-43(62)58-46(61)64/h3-6,25-30,32-33,54H,7-24,53H2,1-2H3,(H,55,56,57)(H,58,62,64)/t30-/m1/s1. The van der Waals surface area contributed by atoms with Crippen molar-refractivity contribution in [3.8, 4) is 0 Å². The van der Waals surface area contributed by atoms with Gasteiger partial charge in [0.1, 0.15) is 11.6 Å². The summed E-state index contributed by atoms with van der Waals surface area (Å²) in [6, 6.07) is 14.0. The number of carbonyl (C=O) groups is 3. The SMILES string of the molecule is Cc1nc(N[C@H](C)c2cc(N)cc(C(F)(F)F)c2)c2cc(C3CCN(CCNCCC4CCC5(CC4)CCN(C(=O)c4ccc(Cl)c(N6CCC(=O)NC6=O)c4)CC5)CC3)ccc2n1. The number of aromatic nitrogens is 2. The van der Waals surface area contributed by atoms with Crippen LogP contribution in [0.15, 0.2) is 54.6 Å². The van der Waals surface area contributed by atoms with Gasteiger partial charge in [0, 0.05) is 55.8 Å². The summed E-state index contributed by atoms with van der Waals surface area (Å²) in [7, 11) is 0. The molecule has 3 aliphatic heterocycles. The third-order valence-electron chi connectivity index (χ3n) is 14.2. The topological polar surface area (TPSA) is 149 Å². The molecule has 64 heavy (non-hydrogen) atoms. The Labute approximate surface area is 377 Å². The lowest BCUT2D eigenvalue weighted by molar-refractivity contribution is -0.137. The molecule has 0 unspecified atom stereocenters. The number of nitrogens with two attached hydrogens (primary N) is 1. The zero-order chi connectivity index (χ0) is 45.2. The predicted octanol–water partition coefficient (Wildman–Crippen LogP) is 9.08. The molecule has 1 aliphatic carbocycles. The molecule has 3 saturated heterocycles. The third kappa shape index (κ3) is 10.6. The van der Waals surface area contributed by atoms with Crippen molar-refractivity contribution < 1.29 is 27.6 Å². The van der Waals surface area contributed by atoms with Crippen LogP contribution in [0.25, 0.3) is 10.9 Å².